The molecule has 2 rings (SSSR count). The van der Waals surface area contributed by atoms with E-state index in [1.54, 1.807) is 30.3 Å². The number of alkyl halides is 2. The molecule has 0 N–H and O–H groups in total. The van der Waals surface area contributed by atoms with Gasteiger partial charge in [0.25, 0.3) is 0 Å². The predicted molar refractivity (Wildman–Crippen MR) is 74.8 cm³/mol. The van der Waals surface area contributed by atoms with Crippen molar-refractivity contribution in [1.29, 1.82) is 0 Å². The van der Waals surface area contributed by atoms with Crippen LogP contribution in [0.4, 0.5) is 4.39 Å². The van der Waals surface area contributed by atoms with Gasteiger partial charge in [0.1, 0.15) is 17.7 Å². The number of benzene rings is 1. The summed E-state index contributed by atoms with van der Waals surface area (Å²) in [5.74, 6) is -1.17. The van der Waals surface area contributed by atoms with Gasteiger partial charge in [0, 0.05) is 6.92 Å². The molecule has 1 aliphatic heterocycles. The van der Waals surface area contributed by atoms with Gasteiger partial charge in [-0.1, -0.05) is 34.1 Å². The van der Waals surface area contributed by atoms with Crippen molar-refractivity contribution in [3.05, 3.63) is 35.9 Å². The van der Waals surface area contributed by atoms with Gasteiger partial charge in [0.2, 0.25) is 0 Å². The van der Waals surface area contributed by atoms with Crippen LogP contribution in [-0.2, 0) is 19.0 Å². The summed E-state index contributed by atoms with van der Waals surface area (Å²) in [5.41, 5.74) is 0.381. The number of carbonyl (C=O) groups excluding carboxylic acids is 2. The third-order valence-corrected chi connectivity index (χ3v) is 3.65. The van der Waals surface area contributed by atoms with Crippen LogP contribution in [0.3, 0.4) is 0 Å². The summed E-state index contributed by atoms with van der Waals surface area (Å²) in [6.07, 6.45) is -3.47. The Balaban J connectivity index is 1.95. The Morgan fingerprint density at radius 1 is 1.33 bits per heavy atom. The van der Waals surface area contributed by atoms with Crippen LogP contribution in [0, 0.1) is 0 Å². The summed E-state index contributed by atoms with van der Waals surface area (Å²) in [6.45, 7) is 0.982. The minimum absolute atomic E-state index is 0.200. The first-order chi connectivity index (χ1) is 9.99. The molecule has 1 aromatic rings. The van der Waals surface area contributed by atoms with Crippen LogP contribution < -0.4 is 0 Å². The summed E-state index contributed by atoms with van der Waals surface area (Å²) < 4.78 is 29.1. The van der Waals surface area contributed by atoms with Crippen LogP contribution in [0.1, 0.15) is 17.3 Å². The smallest absolute Gasteiger partial charge is 0.338 e. The second kappa shape index (κ2) is 7.00. The quantitative estimate of drug-likeness (QED) is 0.608. The molecule has 7 heteroatoms. The van der Waals surface area contributed by atoms with Gasteiger partial charge in [-0.3, -0.25) is 4.79 Å². The van der Waals surface area contributed by atoms with Crippen LogP contribution in [0.2, 0.25) is 0 Å². The molecule has 1 fully saturated rings. The largest absolute Gasteiger partial charge is 0.459 e. The van der Waals surface area contributed by atoms with Crippen LogP contribution >= 0.6 is 15.9 Å². The number of esters is 2. The third-order valence-electron chi connectivity index (χ3n) is 2.93. The zero-order valence-electron chi connectivity index (χ0n) is 11.2. The van der Waals surface area contributed by atoms with E-state index in [9.17, 15) is 14.0 Å². The van der Waals surface area contributed by atoms with Crippen molar-refractivity contribution in [2.45, 2.75) is 30.3 Å². The van der Waals surface area contributed by atoms with Gasteiger partial charge in [0.15, 0.2) is 12.3 Å². The van der Waals surface area contributed by atoms with E-state index in [0.717, 1.165) is 0 Å². The molecular weight excluding hydrogens is 347 g/mol. The molecule has 1 aromatic carbocycles. The molecule has 0 aromatic heterocycles. The molecule has 21 heavy (non-hydrogen) atoms. The fourth-order valence-electron chi connectivity index (χ4n) is 1.96. The summed E-state index contributed by atoms with van der Waals surface area (Å²) in [4.78, 5) is 22.8. The highest BCUT2D eigenvalue weighted by molar-refractivity contribution is 9.09. The van der Waals surface area contributed by atoms with Crippen LogP contribution in [0.25, 0.3) is 0 Å². The van der Waals surface area contributed by atoms with E-state index < -0.39 is 35.3 Å². The Bertz CT molecular complexity index is 509. The lowest BCUT2D eigenvalue weighted by Gasteiger charge is -2.18. The normalized spacial score (nSPS) is 28.1. The van der Waals surface area contributed by atoms with Crippen molar-refractivity contribution < 1.29 is 28.2 Å². The van der Waals surface area contributed by atoms with Crippen molar-refractivity contribution >= 4 is 27.9 Å². The Kier molecular flexibility index (Phi) is 5.30. The van der Waals surface area contributed by atoms with Gasteiger partial charge >= 0.3 is 11.9 Å². The fourth-order valence-corrected chi connectivity index (χ4v) is 2.53. The lowest BCUT2D eigenvalue weighted by atomic mass is 10.2. The third kappa shape index (κ3) is 4.01. The van der Waals surface area contributed by atoms with E-state index in [1.807, 2.05) is 0 Å². The Morgan fingerprint density at radius 2 is 2.00 bits per heavy atom. The Labute approximate surface area is 129 Å². The molecule has 0 bridgehead atoms. The molecule has 0 aliphatic carbocycles. The maximum absolute atomic E-state index is 13.8. The maximum Gasteiger partial charge on any atom is 0.338 e. The van der Waals surface area contributed by atoms with E-state index in [2.05, 4.69) is 15.9 Å². The maximum atomic E-state index is 13.8. The molecule has 0 saturated carbocycles. The molecule has 1 heterocycles. The zero-order valence-corrected chi connectivity index (χ0v) is 12.8. The summed E-state index contributed by atoms with van der Waals surface area (Å²) in [5, 5.41) is -0.901. The van der Waals surface area contributed by atoms with Crippen LogP contribution in [-0.4, -0.2) is 41.9 Å². The summed E-state index contributed by atoms with van der Waals surface area (Å²) in [7, 11) is 0. The molecular formula is C14H14BrFO5. The molecule has 5 nitrogen and oxygen atoms in total. The second-order valence-corrected chi connectivity index (χ2v) is 5.41. The van der Waals surface area contributed by atoms with Gasteiger partial charge < -0.3 is 14.2 Å². The molecule has 1 unspecified atom stereocenters. The number of ether oxygens (including phenoxy) is 3. The molecule has 0 amide bonds. The molecule has 0 radical (unpaired) electrons. The average molecular weight is 361 g/mol. The zero-order chi connectivity index (χ0) is 15.4. The highest BCUT2D eigenvalue weighted by Gasteiger charge is 2.46. The van der Waals surface area contributed by atoms with E-state index in [1.165, 1.54) is 6.92 Å². The number of hydrogen-bond acceptors (Lipinski definition) is 5. The van der Waals surface area contributed by atoms with Gasteiger partial charge in [-0.05, 0) is 12.1 Å². The van der Waals surface area contributed by atoms with Gasteiger partial charge in [-0.2, -0.15) is 0 Å². The van der Waals surface area contributed by atoms with Gasteiger partial charge in [0.05, 0.1) is 5.56 Å². The summed E-state index contributed by atoms with van der Waals surface area (Å²) in [6, 6.07) is 8.39. The first kappa shape index (κ1) is 15.9. The monoisotopic (exact) mass is 360 g/mol. The Hall–Kier alpha value is -1.47. The van der Waals surface area contributed by atoms with E-state index in [-0.39, 0.29) is 6.61 Å². The van der Waals surface area contributed by atoms with Gasteiger partial charge in [-0.15, -0.1) is 0 Å². The molecule has 1 aliphatic rings. The molecule has 4 atom stereocenters. The standard InChI is InChI=1S/C14H14BrFO5/c1-8(17)20-12-10(21-13(15)11(12)16)7-19-14(18)9-5-3-2-4-6-9/h2-6,10-13H,7H2,1H3/t10-,11-,12?,13-/m1/s1. The second-order valence-electron chi connectivity index (χ2n) is 4.51. The van der Waals surface area contributed by atoms with E-state index >= 15 is 0 Å². The topological polar surface area (TPSA) is 61.8 Å². The predicted octanol–water partition coefficient (Wildman–Crippen LogP) is 2.23. The van der Waals surface area contributed by atoms with Crippen molar-refractivity contribution in [3.63, 3.8) is 0 Å². The van der Waals surface area contributed by atoms with Crippen molar-refractivity contribution in [3.8, 4) is 0 Å². The number of carbonyl (C=O) groups is 2. The van der Waals surface area contributed by atoms with Crippen LogP contribution in [0.15, 0.2) is 30.3 Å². The lowest BCUT2D eigenvalue weighted by Crippen LogP contribution is -2.36. The minimum atomic E-state index is -1.52. The highest BCUT2D eigenvalue weighted by Crippen LogP contribution is 2.30. The van der Waals surface area contributed by atoms with Crippen molar-refractivity contribution in [1.82, 2.24) is 0 Å². The molecule has 0 spiro atoms. The Morgan fingerprint density at radius 3 is 2.62 bits per heavy atom. The SMILES string of the molecule is CC(=O)OC1[C@@H](F)[C@H](Br)O[C@@H]1COC(=O)c1ccccc1. The van der Waals surface area contributed by atoms with Crippen molar-refractivity contribution in [2.75, 3.05) is 6.61 Å². The van der Waals surface area contributed by atoms with Crippen molar-refractivity contribution in [2.24, 2.45) is 0 Å². The number of hydrogen-bond donors (Lipinski definition) is 0. The number of rotatable bonds is 4. The minimum Gasteiger partial charge on any atom is -0.459 e. The van der Waals surface area contributed by atoms with E-state index in [0.29, 0.717) is 5.56 Å². The average Bonchev–Trinajstić information content (AvgIpc) is 2.73. The fraction of sp³-hybridized carbons (Fsp3) is 0.429. The first-order valence-corrected chi connectivity index (χ1v) is 7.23. The van der Waals surface area contributed by atoms with Gasteiger partial charge in [-0.25, -0.2) is 9.18 Å². The number of halogens is 2. The first-order valence-electron chi connectivity index (χ1n) is 6.32. The van der Waals surface area contributed by atoms with Crippen LogP contribution in [0.5, 0.6) is 0 Å². The summed E-state index contributed by atoms with van der Waals surface area (Å²) >= 11 is 3.00. The lowest BCUT2D eigenvalue weighted by molar-refractivity contribution is -0.152. The molecule has 1 saturated heterocycles. The highest BCUT2D eigenvalue weighted by atomic mass is 79.9. The molecule has 114 valence electrons. The van der Waals surface area contributed by atoms with E-state index in [4.69, 9.17) is 14.2 Å².